The highest BCUT2D eigenvalue weighted by Crippen LogP contribution is 2.33. The summed E-state index contributed by atoms with van der Waals surface area (Å²) in [4.78, 5) is 28.7. The average Bonchev–Trinajstić information content (AvgIpc) is 3.21. The van der Waals surface area contributed by atoms with Crippen molar-refractivity contribution >= 4 is 16.8 Å². The molecule has 0 fully saturated rings. The summed E-state index contributed by atoms with van der Waals surface area (Å²) < 4.78 is 10.4. The number of ether oxygens (including phenoxy) is 1. The normalized spacial score (nSPS) is 11.9. The standard InChI is InChI=1S/C26H26N2O5/c1-16-13-23(29)25(26(31)33-16)21(17-7-9-19(32-2)10-8-17)14-24(30)27-12-11-18-15-28-22-6-4-3-5-20(18)22/h3-10,13,15,21,28-29H,11-12,14H2,1-2H3,(H,27,30)/t21-/m1/s1. The van der Waals surface area contributed by atoms with Crippen molar-refractivity contribution in [2.45, 2.75) is 25.7 Å². The largest absolute Gasteiger partial charge is 0.507 e. The van der Waals surface area contributed by atoms with Crippen molar-refractivity contribution in [3.63, 3.8) is 0 Å². The molecule has 0 saturated carbocycles. The molecule has 7 nitrogen and oxygen atoms in total. The van der Waals surface area contributed by atoms with Gasteiger partial charge in [-0.3, -0.25) is 4.79 Å². The first-order valence-electron chi connectivity index (χ1n) is 10.8. The Morgan fingerprint density at radius 3 is 2.67 bits per heavy atom. The van der Waals surface area contributed by atoms with Gasteiger partial charge in [0.1, 0.15) is 17.3 Å². The van der Waals surface area contributed by atoms with E-state index >= 15 is 0 Å². The highest BCUT2D eigenvalue weighted by Gasteiger charge is 2.25. The van der Waals surface area contributed by atoms with E-state index in [9.17, 15) is 14.7 Å². The molecular formula is C26H26N2O5. The lowest BCUT2D eigenvalue weighted by molar-refractivity contribution is -0.121. The molecule has 33 heavy (non-hydrogen) atoms. The second kappa shape index (κ2) is 9.65. The Morgan fingerprint density at radius 1 is 1.18 bits per heavy atom. The molecule has 0 saturated heterocycles. The van der Waals surface area contributed by atoms with Crippen LogP contribution in [0.5, 0.6) is 11.5 Å². The predicted octanol–water partition coefficient (Wildman–Crippen LogP) is 4.02. The van der Waals surface area contributed by atoms with Crippen molar-refractivity contribution in [1.82, 2.24) is 10.3 Å². The van der Waals surface area contributed by atoms with E-state index in [4.69, 9.17) is 9.15 Å². The van der Waals surface area contributed by atoms with Gasteiger partial charge in [-0.15, -0.1) is 0 Å². The van der Waals surface area contributed by atoms with Crippen LogP contribution in [0.2, 0.25) is 0 Å². The summed E-state index contributed by atoms with van der Waals surface area (Å²) in [5.74, 6) is -0.120. The Bertz CT molecular complexity index is 1320. The molecular weight excluding hydrogens is 420 g/mol. The number of benzene rings is 2. The number of carbonyl (C=O) groups excluding carboxylic acids is 1. The molecule has 0 aliphatic carbocycles. The van der Waals surface area contributed by atoms with Gasteiger partial charge in [-0.1, -0.05) is 30.3 Å². The number of aromatic hydroxyl groups is 1. The molecule has 0 unspecified atom stereocenters. The number of aromatic nitrogens is 1. The minimum Gasteiger partial charge on any atom is -0.507 e. The number of amides is 1. The molecule has 0 aliphatic rings. The molecule has 1 atom stereocenters. The number of para-hydroxylation sites is 1. The van der Waals surface area contributed by atoms with Crippen LogP contribution < -0.4 is 15.7 Å². The highest BCUT2D eigenvalue weighted by molar-refractivity contribution is 5.83. The van der Waals surface area contributed by atoms with Gasteiger partial charge in [0.2, 0.25) is 5.91 Å². The lowest BCUT2D eigenvalue weighted by Gasteiger charge is -2.18. The monoisotopic (exact) mass is 446 g/mol. The van der Waals surface area contributed by atoms with Crippen LogP contribution in [-0.4, -0.2) is 29.7 Å². The quantitative estimate of drug-likeness (QED) is 0.379. The number of aromatic amines is 1. The van der Waals surface area contributed by atoms with E-state index in [1.807, 2.05) is 30.5 Å². The van der Waals surface area contributed by atoms with Gasteiger partial charge < -0.3 is 24.6 Å². The molecule has 170 valence electrons. The van der Waals surface area contributed by atoms with Crippen molar-refractivity contribution in [2.75, 3.05) is 13.7 Å². The zero-order chi connectivity index (χ0) is 23.4. The van der Waals surface area contributed by atoms with Gasteiger partial charge in [-0.2, -0.15) is 0 Å². The van der Waals surface area contributed by atoms with Gasteiger partial charge in [-0.05, 0) is 42.7 Å². The van der Waals surface area contributed by atoms with Crippen molar-refractivity contribution < 1.29 is 19.1 Å². The molecule has 4 aromatic rings. The maximum atomic E-state index is 12.8. The number of rotatable bonds is 8. The Labute approximate surface area is 191 Å². The topological polar surface area (TPSA) is 105 Å². The number of nitrogens with one attached hydrogen (secondary N) is 2. The first kappa shape index (κ1) is 22.2. The third-order valence-electron chi connectivity index (χ3n) is 5.74. The van der Waals surface area contributed by atoms with Crippen LogP contribution in [0.4, 0.5) is 0 Å². The number of aryl methyl sites for hydroxylation is 1. The van der Waals surface area contributed by atoms with E-state index in [1.165, 1.54) is 6.07 Å². The summed E-state index contributed by atoms with van der Waals surface area (Å²) >= 11 is 0. The van der Waals surface area contributed by atoms with E-state index in [1.54, 1.807) is 38.3 Å². The Kier molecular flexibility index (Phi) is 6.49. The summed E-state index contributed by atoms with van der Waals surface area (Å²) in [6, 6.07) is 16.5. The van der Waals surface area contributed by atoms with Crippen LogP contribution in [0.3, 0.4) is 0 Å². The van der Waals surface area contributed by atoms with Crippen LogP contribution >= 0.6 is 0 Å². The average molecular weight is 447 g/mol. The van der Waals surface area contributed by atoms with Gasteiger partial charge in [0.15, 0.2) is 0 Å². The third-order valence-corrected chi connectivity index (χ3v) is 5.74. The van der Waals surface area contributed by atoms with Crippen molar-refractivity contribution in [3.05, 3.63) is 93.7 Å². The number of hydrogen-bond acceptors (Lipinski definition) is 5. The number of methoxy groups -OCH3 is 1. The molecule has 1 amide bonds. The molecule has 2 aromatic heterocycles. The summed E-state index contributed by atoms with van der Waals surface area (Å²) in [5, 5.41) is 14.6. The minimum absolute atomic E-state index is 0.0123. The Morgan fingerprint density at radius 2 is 1.94 bits per heavy atom. The van der Waals surface area contributed by atoms with Gasteiger partial charge in [0, 0.05) is 42.0 Å². The van der Waals surface area contributed by atoms with E-state index in [0.717, 1.165) is 16.5 Å². The summed E-state index contributed by atoms with van der Waals surface area (Å²) in [7, 11) is 1.56. The fourth-order valence-corrected chi connectivity index (χ4v) is 4.08. The molecule has 0 spiro atoms. The predicted molar refractivity (Wildman–Crippen MR) is 126 cm³/mol. The molecule has 2 aromatic carbocycles. The molecule has 0 radical (unpaired) electrons. The summed E-state index contributed by atoms with van der Waals surface area (Å²) in [5.41, 5.74) is 2.29. The smallest absolute Gasteiger partial charge is 0.343 e. The van der Waals surface area contributed by atoms with Crippen LogP contribution in [0.15, 0.2) is 70.0 Å². The maximum Gasteiger partial charge on any atom is 0.343 e. The van der Waals surface area contributed by atoms with Gasteiger partial charge >= 0.3 is 5.63 Å². The van der Waals surface area contributed by atoms with Crippen LogP contribution in [0.25, 0.3) is 10.9 Å². The lowest BCUT2D eigenvalue weighted by Crippen LogP contribution is -2.28. The molecule has 3 N–H and O–H groups in total. The van der Waals surface area contributed by atoms with Gasteiger partial charge in [-0.25, -0.2) is 4.79 Å². The van der Waals surface area contributed by atoms with E-state index in [-0.39, 0.29) is 23.6 Å². The fourth-order valence-electron chi connectivity index (χ4n) is 4.08. The Balaban J connectivity index is 1.52. The van der Waals surface area contributed by atoms with E-state index in [2.05, 4.69) is 10.3 Å². The molecule has 7 heteroatoms. The maximum absolute atomic E-state index is 12.8. The van der Waals surface area contributed by atoms with Gasteiger partial charge in [0.25, 0.3) is 0 Å². The number of carbonyl (C=O) groups is 1. The second-order valence-corrected chi connectivity index (χ2v) is 7.93. The van der Waals surface area contributed by atoms with Crippen molar-refractivity contribution in [1.29, 1.82) is 0 Å². The number of fused-ring (bicyclic) bond motifs is 1. The molecule has 4 rings (SSSR count). The highest BCUT2D eigenvalue weighted by atomic mass is 16.5. The number of hydrogen-bond donors (Lipinski definition) is 3. The first-order chi connectivity index (χ1) is 16.0. The zero-order valence-corrected chi connectivity index (χ0v) is 18.6. The van der Waals surface area contributed by atoms with Crippen molar-refractivity contribution in [3.8, 4) is 11.5 Å². The lowest BCUT2D eigenvalue weighted by atomic mass is 9.88. The summed E-state index contributed by atoms with van der Waals surface area (Å²) in [6.07, 6.45) is 2.61. The summed E-state index contributed by atoms with van der Waals surface area (Å²) in [6.45, 7) is 2.04. The first-order valence-corrected chi connectivity index (χ1v) is 10.8. The third kappa shape index (κ3) is 4.92. The van der Waals surface area contributed by atoms with Crippen LogP contribution in [0.1, 0.15) is 34.8 Å². The minimum atomic E-state index is -0.666. The van der Waals surface area contributed by atoms with Crippen LogP contribution in [0, 0.1) is 6.92 Å². The zero-order valence-electron chi connectivity index (χ0n) is 18.6. The van der Waals surface area contributed by atoms with Crippen LogP contribution in [-0.2, 0) is 11.2 Å². The molecule has 2 heterocycles. The van der Waals surface area contributed by atoms with E-state index in [0.29, 0.717) is 30.0 Å². The molecule has 0 bridgehead atoms. The molecule has 0 aliphatic heterocycles. The van der Waals surface area contributed by atoms with E-state index < -0.39 is 11.5 Å². The number of H-pyrrole nitrogens is 1. The fraction of sp³-hybridized carbons (Fsp3) is 0.231. The SMILES string of the molecule is COc1ccc([C@@H](CC(=O)NCCc2c[nH]c3ccccc23)c2c(O)cc(C)oc2=O)cc1. The Hall–Kier alpha value is -4.00. The van der Waals surface area contributed by atoms with Gasteiger partial charge in [0.05, 0.1) is 12.7 Å². The second-order valence-electron chi connectivity index (χ2n) is 7.93. The van der Waals surface area contributed by atoms with Crippen molar-refractivity contribution in [2.24, 2.45) is 0 Å².